The van der Waals surface area contributed by atoms with E-state index in [1.165, 1.54) is 38.5 Å². The summed E-state index contributed by atoms with van der Waals surface area (Å²) in [6, 6.07) is 0. The molecule has 3 heteroatoms. The Balaban J connectivity index is 2.06. The molecular formula is C12H18N2O. The summed E-state index contributed by atoms with van der Waals surface area (Å²) < 4.78 is 0. The molecule has 15 heavy (non-hydrogen) atoms. The summed E-state index contributed by atoms with van der Waals surface area (Å²) in [7, 11) is 0. The highest BCUT2D eigenvalue weighted by Gasteiger charge is 2.16. The molecule has 2 rings (SSSR count). The van der Waals surface area contributed by atoms with E-state index in [1.807, 2.05) is 0 Å². The van der Waals surface area contributed by atoms with Gasteiger partial charge < -0.3 is 5.11 Å². The van der Waals surface area contributed by atoms with Crippen LogP contribution in [-0.4, -0.2) is 15.1 Å². The lowest BCUT2D eigenvalue weighted by Crippen LogP contribution is -2.04. The molecule has 1 aromatic heterocycles. The third kappa shape index (κ3) is 2.75. The number of aromatic nitrogens is 2. The van der Waals surface area contributed by atoms with Gasteiger partial charge in [0.25, 0.3) is 0 Å². The molecule has 3 nitrogen and oxygen atoms in total. The van der Waals surface area contributed by atoms with Crippen molar-refractivity contribution in [3.63, 3.8) is 0 Å². The highest BCUT2D eigenvalue weighted by atomic mass is 16.3. The fourth-order valence-electron chi connectivity index (χ4n) is 2.19. The summed E-state index contributed by atoms with van der Waals surface area (Å²) in [4.78, 5) is 8.69. The van der Waals surface area contributed by atoms with Crippen LogP contribution in [0.1, 0.15) is 55.8 Å². The van der Waals surface area contributed by atoms with Crippen LogP contribution in [0.2, 0.25) is 0 Å². The van der Waals surface area contributed by atoms with Gasteiger partial charge in [-0.25, -0.2) is 9.97 Å². The zero-order valence-corrected chi connectivity index (χ0v) is 9.02. The van der Waals surface area contributed by atoms with Crippen molar-refractivity contribution >= 4 is 0 Å². The van der Waals surface area contributed by atoms with Crippen molar-refractivity contribution in [2.75, 3.05) is 0 Å². The van der Waals surface area contributed by atoms with Crippen LogP contribution in [-0.2, 0) is 6.61 Å². The van der Waals surface area contributed by atoms with Crippen molar-refractivity contribution in [2.24, 2.45) is 0 Å². The van der Waals surface area contributed by atoms with Crippen LogP contribution < -0.4 is 0 Å². The molecule has 1 aliphatic carbocycles. The minimum absolute atomic E-state index is 0.0327. The molecule has 1 fully saturated rings. The molecule has 1 saturated carbocycles. The first kappa shape index (κ1) is 10.6. The van der Waals surface area contributed by atoms with E-state index in [2.05, 4.69) is 9.97 Å². The molecule has 1 N–H and O–H groups in total. The van der Waals surface area contributed by atoms with E-state index >= 15 is 0 Å². The van der Waals surface area contributed by atoms with Gasteiger partial charge in [0.2, 0.25) is 0 Å². The highest BCUT2D eigenvalue weighted by molar-refractivity contribution is 5.06. The second kappa shape index (κ2) is 5.21. The Morgan fingerprint density at radius 2 is 1.67 bits per heavy atom. The average molecular weight is 206 g/mol. The molecule has 0 saturated heterocycles. The van der Waals surface area contributed by atoms with E-state index in [0.29, 0.717) is 5.92 Å². The number of hydrogen-bond donors (Lipinski definition) is 1. The van der Waals surface area contributed by atoms with E-state index in [1.54, 1.807) is 12.4 Å². The molecule has 0 bridgehead atoms. The van der Waals surface area contributed by atoms with Gasteiger partial charge in [-0.3, -0.25) is 0 Å². The zero-order chi connectivity index (χ0) is 10.5. The molecule has 0 aromatic carbocycles. The van der Waals surface area contributed by atoms with Gasteiger partial charge >= 0.3 is 0 Å². The number of aliphatic hydroxyl groups is 1. The zero-order valence-electron chi connectivity index (χ0n) is 9.02. The Labute approximate surface area is 90.6 Å². The molecule has 0 aliphatic heterocycles. The first-order chi connectivity index (χ1) is 7.40. The van der Waals surface area contributed by atoms with Gasteiger partial charge in [0, 0.05) is 23.9 Å². The minimum Gasteiger partial charge on any atom is -0.392 e. The lowest BCUT2D eigenvalue weighted by atomic mass is 9.99. The fourth-order valence-corrected chi connectivity index (χ4v) is 2.19. The Morgan fingerprint density at radius 3 is 2.20 bits per heavy atom. The van der Waals surface area contributed by atoms with E-state index in [0.717, 1.165) is 11.4 Å². The van der Waals surface area contributed by atoms with Crippen LogP contribution in [0, 0.1) is 0 Å². The quantitative estimate of drug-likeness (QED) is 0.756. The molecule has 0 unspecified atom stereocenters. The molecular weight excluding hydrogens is 188 g/mol. The van der Waals surface area contributed by atoms with Crippen molar-refractivity contribution in [3.8, 4) is 0 Å². The van der Waals surface area contributed by atoms with E-state index < -0.39 is 0 Å². The third-order valence-electron chi connectivity index (χ3n) is 3.13. The standard InChI is InChI=1S/C12H18N2O/c15-9-10-7-13-12(14-8-10)11-5-3-1-2-4-6-11/h7-8,11,15H,1-6,9H2. The van der Waals surface area contributed by atoms with Gasteiger partial charge in [0.1, 0.15) is 5.82 Å². The van der Waals surface area contributed by atoms with Gasteiger partial charge in [-0.2, -0.15) is 0 Å². The van der Waals surface area contributed by atoms with Crippen molar-refractivity contribution < 1.29 is 5.11 Å². The smallest absolute Gasteiger partial charge is 0.131 e. The maximum Gasteiger partial charge on any atom is 0.131 e. The van der Waals surface area contributed by atoms with E-state index in [9.17, 15) is 0 Å². The van der Waals surface area contributed by atoms with Crippen LogP contribution in [0.3, 0.4) is 0 Å². The lowest BCUT2D eigenvalue weighted by Gasteiger charge is -2.11. The second-order valence-corrected chi connectivity index (χ2v) is 4.30. The first-order valence-electron chi connectivity index (χ1n) is 5.82. The summed E-state index contributed by atoms with van der Waals surface area (Å²) in [5.41, 5.74) is 0.798. The Kier molecular flexibility index (Phi) is 3.67. The average Bonchev–Trinajstić information content (AvgIpc) is 2.58. The first-order valence-corrected chi connectivity index (χ1v) is 5.82. The summed E-state index contributed by atoms with van der Waals surface area (Å²) in [5.74, 6) is 1.51. The molecule has 0 atom stereocenters. The van der Waals surface area contributed by atoms with Crippen LogP contribution in [0.15, 0.2) is 12.4 Å². The summed E-state index contributed by atoms with van der Waals surface area (Å²) in [6.45, 7) is 0.0327. The largest absolute Gasteiger partial charge is 0.392 e. The van der Waals surface area contributed by atoms with Crippen LogP contribution in [0.25, 0.3) is 0 Å². The predicted molar refractivity (Wildman–Crippen MR) is 58.4 cm³/mol. The van der Waals surface area contributed by atoms with Gasteiger partial charge in [0.15, 0.2) is 0 Å². The number of nitrogens with zero attached hydrogens (tertiary/aromatic N) is 2. The summed E-state index contributed by atoms with van der Waals surface area (Å²) >= 11 is 0. The normalized spacial score (nSPS) is 18.7. The van der Waals surface area contributed by atoms with Crippen molar-refractivity contribution in [3.05, 3.63) is 23.8 Å². The van der Waals surface area contributed by atoms with Gasteiger partial charge in [0.05, 0.1) is 6.61 Å². The monoisotopic (exact) mass is 206 g/mol. The fraction of sp³-hybridized carbons (Fsp3) is 0.667. The summed E-state index contributed by atoms with van der Waals surface area (Å²) in [6.07, 6.45) is 11.2. The number of aliphatic hydroxyl groups excluding tert-OH is 1. The Bertz CT molecular complexity index is 289. The van der Waals surface area contributed by atoms with Crippen molar-refractivity contribution in [1.82, 2.24) is 9.97 Å². The molecule has 0 amide bonds. The van der Waals surface area contributed by atoms with Crippen molar-refractivity contribution in [2.45, 2.75) is 51.0 Å². The van der Waals surface area contributed by atoms with Crippen LogP contribution in [0.4, 0.5) is 0 Å². The Morgan fingerprint density at radius 1 is 1.07 bits per heavy atom. The lowest BCUT2D eigenvalue weighted by molar-refractivity contribution is 0.280. The predicted octanol–water partition coefficient (Wildman–Crippen LogP) is 2.41. The topological polar surface area (TPSA) is 46.0 Å². The summed E-state index contributed by atoms with van der Waals surface area (Å²) in [5, 5.41) is 8.90. The molecule has 1 aromatic rings. The SMILES string of the molecule is OCc1cnc(C2CCCCCC2)nc1. The van der Waals surface area contributed by atoms with Crippen LogP contribution in [0.5, 0.6) is 0 Å². The van der Waals surface area contributed by atoms with E-state index in [4.69, 9.17) is 5.11 Å². The number of rotatable bonds is 2. The van der Waals surface area contributed by atoms with Crippen LogP contribution >= 0.6 is 0 Å². The second-order valence-electron chi connectivity index (χ2n) is 4.30. The maximum absolute atomic E-state index is 8.90. The van der Waals surface area contributed by atoms with E-state index in [-0.39, 0.29) is 6.61 Å². The molecule has 82 valence electrons. The minimum atomic E-state index is 0.0327. The third-order valence-corrected chi connectivity index (χ3v) is 3.13. The molecule has 0 radical (unpaired) electrons. The number of hydrogen-bond acceptors (Lipinski definition) is 3. The maximum atomic E-state index is 8.90. The molecule has 1 aliphatic rings. The van der Waals surface area contributed by atoms with Crippen molar-refractivity contribution in [1.29, 1.82) is 0 Å². The Hall–Kier alpha value is -0.960. The van der Waals surface area contributed by atoms with Gasteiger partial charge in [-0.1, -0.05) is 25.7 Å². The molecule has 1 heterocycles. The van der Waals surface area contributed by atoms with Gasteiger partial charge in [-0.05, 0) is 12.8 Å². The van der Waals surface area contributed by atoms with Gasteiger partial charge in [-0.15, -0.1) is 0 Å². The highest BCUT2D eigenvalue weighted by Crippen LogP contribution is 2.29. The molecule has 0 spiro atoms.